The van der Waals surface area contributed by atoms with Crippen molar-refractivity contribution in [2.24, 2.45) is 5.92 Å². The molecule has 112 valence electrons. The van der Waals surface area contributed by atoms with Crippen LogP contribution in [0, 0.1) is 17.2 Å². The molecule has 2 atom stereocenters. The van der Waals surface area contributed by atoms with E-state index >= 15 is 0 Å². The van der Waals surface area contributed by atoms with Crippen LogP contribution in [0.5, 0.6) is 0 Å². The number of carboxylic acid groups (broad SMARTS) is 1. The topological polar surface area (TPSA) is 122 Å². The number of hydrogen-bond donors (Lipinski definition) is 4. The molecule has 1 aromatic rings. The second kappa shape index (κ2) is 8.55. The van der Waals surface area contributed by atoms with E-state index in [0.29, 0.717) is 0 Å². The Bertz CT molecular complexity index is 513. The molecule has 2 unspecified atom stereocenters. The zero-order chi connectivity index (χ0) is 15.7. The SMILES string of the molecule is N#CCNC(=O)C(Cc1ccccc1)C(O)CNC(=O)O. The molecule has 21 heavy (non-hydrogen) atoms. The number of aliphatic hydroxyl groups is 1. The molecule has 7 heteroatoms. The Morgan fingerprint density at radius 1 is 1.24 bits per heavy atom. The lowest BCUT2D eigenvalue weighted by atomic mass is 9.93. The molecule has 0 aromatic heterocycles. The van der Waals surface area contributed by atoms with Gasteiger partial charge in [-0.15, -0.1) is 0 Å². The fourth-order valence-electron chi connectivity index (χ4n) is 1.86. The first kappa shape index (κ1) is 16.5. The van der Waals surface area contributed by atoms with Gasteiger partial charge in [-0.25, -0.2) is 4.79 Å². The van der Waals surface area contributed by atoms with Crippen LogP contribution in [0.25, 0.3) is 0 Å². The van der Waals surface area contributed by atoms with Crippen LogP contribution in [0.2, 0.25) is 0 Å². The van der Waals surface area contributed by atoms with Gasteiger partial charge < -0.3 is 20.8 Å². The van der Waals surface area contributed by atoms with Gasteiger partial charge in [0, 0.05) is 6.54 Å². The number of nitrogens with one attached hydrogen (secondary N) is 2. The minimum Gasteiger partial charge on any atom is -0.465 e. The van der Waals surface area contributed by atoms with Gasteiger partial charge in [-0.05, 0) is 12.0 Å². The molecule has 0 saturated carbocycles. The fourth-order valence-corrected chi connectivity index (χ4v) is 1.86. The Hall–Kier alpha value is -2.59. The number of nitrogens with zero attached hydrogens (tertiary/aromatic N) is 1. The monoisotopic (exact) mass is 291 g/mol. The van der Waals surface area contributed by atoms with Gasteiger partial charge in [-0.3, -0.25) is 4.79 Å². The minimum absolute atomic E-state index is 0.163. The van der Waals surface area contributed by atoms with Gasteiger partial charge >= 0.3 is 6.09 Å². The fraction of sp³-hybridized carbons (Fsp3) is 0.357. The molecule has 0 saturated heterocycles. The first-order chi connectivity index (χ1) is 10.0. The Labute approximate surface area is 122 Å². The largest absolute Gasteiger partial charge is 0.465 e. The standard InChI is InChI=1S/C14H17N3O4/c15-6-7-16-13(19)11(12(18)9-17-14(20)21)8-10-4-2-1-3-5-10/h1-5,11-12,17-18H,7-9H2,(H,16,19)(H,20,21). The summed E-state index contributed by atoms with van der Waals surface area (Å²) in [4.78, 5) is 22.5. The molecule has 7 nitrogen and oxygen atoms in total. The summed E-state index contributed by atoms with van der Waals surface area (Å²) >= 11 is 0. The second-order valence-corrected chi connectivity index (χ2v) is 4.43. The average Bonchev–Trinajstić information content (AvgIpc) is 2.48. The molecule has 0 bridgehead atoms. The number of benzene rings is 1. The molecular weight excluding hydrogens is 274 g/mol. The number of aliphatic hydroxyl groups excluding tert-OH is 1. The third-order valence-corrected chi connectivity index (χ3v) is 2.90. The van der Waals surface area contributed by atoms with Gasteiger partial charge in [0.25, 0.3) is 0 Å². The van der Waals surface area contributed by atoms with Crippen molar-refractivity contribution in [3.05, 3.63) is 35.9 Å². The lowest BCUT2D eigenvalue weighted by Crippen LogP contribution is -2.44. The summed E-state index contributed by atoms with van der Waals surface area (Å²) in [6.07, 6.45) is -2.20. The summed E-state index contributed by atoms with van der Waals surface area (Å²) in [6, 6.07) is 10.8. The highest BCUT2D eigenvalue weighted by molar-refractivity contribution is 5.80. The molecule has 0 radical (unpaired) electrons. The molecule has 0 aliphatic carbocycles. The first-order valence-corrected chi connectivity index (χ1v) is 6.38. The highest BCUT2D eigenvalue weighted by Crippen LogP contribution is 2.13. The van der Waals surface area contributed by atoms with Crippen molar-refractivity contribution in [2.75, 3.05) is 13.1 Å². The predicted octanol–water partition coefficient (Wildman–Crippen LogP) is 0.114. The van der Waals surface area contributed by atoms with Crippen LogP contribution in [0.1, 0.15) is 5.56 Å². The maximum absolute atomic E-state index is 12.0. The van der Waals surface area contributed by atoms with Crippen molar-refractivity contribution < 1.29 is 19.8 Å². The lowest BCUT2D eigenvalue weighted by molar-refractivity contribution is -0.128. The molecule has 0 aliphatic rings. The number of hydrogen-bond acceptors (Lipinski definition) is 4. The predicted molar refractivity (Wildman–Crippen MR) is 74.3 cm³/mol. The first-order valence-electron chi connectivity index (χ1n) is 6.38. The summed E-state index contributed by atoms with van der Waals surface area (Å²) < 4.78 is 0. The van der Waals surface area contributed by atoms with Gasteiger partial charge in [0.05, 0.1) is 18.1 Å². The molecular formula is C14H17N3O4. The van der Waals surface area contributed by atoms with Gasteiger partial charge in [0.2, 0.25) is 5.91 Å². The molecule has 0 spiro atoms. The number of carbonyl (C=O) groups is 2. The zero-order valence-corrected chi connectivity index (χ0v) is 11.3. The van der Waals surface area contributed by atoms with E-state index in [9.17, 15) is 14.7 Å². The van der Waals surface area contributed by atoms with Crippen LogP contribution in [0.3, 0.4) is 0 Å². The highest BCUT2D eigenvalue weighted by Gasteiger charge is 2.27. The third-order valence-electron chi connectivity index (χ3n) is 2.90. The molecule has 1 aromatic carbocycles. The highest BCUT2D eigenvalue weighted by atomic mass is 16.4. The van der Waals surface area contributed by atoms with Crippen molar-refractivity contribution >= 4 is 12.0 Å². The summed E-state index contributed by atoms with van der Waals surface area (Å²) in [5, 5.41) is 31.5. The molecule has 0 heterocycles. The van der Waals surface area contributed by atoms with Crippen LogP contribution in [0.4, 0.5) is 4.79 Å². The van der Waals surface area contributed by atoms with Crippen LogP contribution >= 0.6 is 0 Å². The maximum Gasteiger partial charge on any atom is 0.404 e. The van der Waals surface area contributed by atoms with Crippen molar-refractivity contribution in [3.8, 4) is 6.07 Å². The van der Waals surface area contributed by atoms with Crippen LogP contribution in [-0.2, 0) is 11.2 Å². The molecule has 1 rings (SSSR count). The van der Waals surface area contributed by atoms with Gasteiger partial charge in [0.1, 0.15) is 6.54 Å². The van der Waals surface area contributed by atoms with Crippen LogP contribution in [0.15, 0.2) is 30.3 Å². The third kappa shape index (κ3) is 5.93. The number of carbonyl (C=O) groups excluding carboxylic acids is 1. The zero-order valence-electron chi connectivity index (χ0n) is 11.3. The number of rotatable bonds is 7. The van der Waals surface area contributed by atoms with E-state index in [1.165, 1.54) is 0 Å². The average molecular weight is 291 g/mol. The van der Waals surface area contributed by atoms with E-state index < -0.39 is 24.0 Å². The number of amides is 2. The molecule has 4 N–H and O–H groups in total. The van der Waals surface area contributed by atoms with Gasteiger partial charge in [0.15, 0.2) is 0 Å². The summed E-state index contributed by atoms with van der Waals surface area (Å²) in [6.45, 7) is -0.421. The van der Waals surface area contributed by atoms with E-state index in [4.69, 9.17) is 10.4 Å². The Morgan fingerprint density at radius 2 is 1.90 bits per heavy atom. The van der Waals surface area contributed by atoms with Crippen molar-refractivity contribution in [1.29, 1.82) is 5.26 Å². The Balaban J connectivity index is 2.76. The van der Waals surface area contributed by atoms with Crippen molar-refractivity contribution in [3.63, 3.8) is 0 Å². The minimum atomic E-state index is -1.27. The Kier molecular flexibility index (Phi) is 6.71. The van der Waals surface area contributed by atoms with Crippen LogP contribution in [-0.4, -0.2) is 41.4 Å². The normalized spacial score (nSPS) is 12.8. The quantitative estimate of drug-likeness (QED) is 0.531. The van der Waals surface area contributed by atoms with E-state index in [1.54, 1.807) is 6.07 Å². The van der Waals surface area contributed by atoms with E-state index in [-0.39, 0.29) is 19.5 Å². The van der Waals surface area contributed by atoms with E-state index in [2.05, 4.69) is 5.32 Å². The van der Waals surface area contributed by atoms with Crippen molar-refractivity contribution in [1.82, 2.24) is 10.6 Å². The summed E-state index contributed by atoms with van der Waals surface area (Å²) in [7, 11) is 0. The maximum atomic E-state index is 12.0. The van der Waals surface area contributed by atoms with Gasteiger partial charge in [-0.1, -0.05) is 30.3 Å². The molecule has 0 aliphatic heterocycles. The lowest BCUT2D eigenvalue weighted by Gasteiger charge is -2.21. The van der Waals surface area contributed by atoms with E-state index in [1.807, 2.05) is 35.6 Å². The summed E-state index contributed by atoms with van der Waals surface area (Å²) in [5.74, 6) is -1.33. The summed E-state index contributed by atoms with van der Waals surface area (Å²) in [5.41, 5.74) is 0.837. The molecule has 2 amide bonds. The molecule has 0 fully saturated rings. The van der Waals surface area contributed by atoms with Crippen LogP contribution < -0.4 is 10.6 Å². The smallest absolute Gasteiger partial charge is 0.404 e. The van der Waals surface area contributed by atoms with E-state index in [0.717, 1.165) is 5.56 Å². The second-order valence-electron chi connectivity index (χ2n) is 4.43. The number of nitriles is 1. The Morgan fingerprint density at radius 3 is 2.48 bits per heavy atom. The van der Waals surface area contributed by atoms with Crippen molar-refractivity contribution in [2.45, 2.75) is 12.5 Å². The van der Waals surface area contributed by atoms with Gasteiger partial charge in [-0.2, -0.15) is 5.26 Å².